The SMILES string of the molecule is CCNC(=NCc1nc(C)c(C)s1)N1CCC(CC(C)C)C1.I. The highest BCUT2D eigenvalue weighted by atomic mass is 127. The number of aliphatic imine (C=N–C) groups is 1. The van der Waals surface area contributed by atoms with Crippen LogP contribution in [0.3, 0.4) is 0 Å². The molecular weight excluding hydrogens is 419 g/mol. The minimum atomic E-state index is 0. The van der Waals surface area contributed by atoms with E-state index in [4.69, 9.17) is 4.99 Å². The summed E-state index contributed by atoms with van der Waals surface area (Å²) in [4.78, 5) is 13.1. The number of hydrogen-bond donors (Lipinski definition) is 1. The van der Waals surface area contributed by atoms with Gasteiger partial charge in [-0.15, -0.1) is 35.3 Å². The molecule has 132 valence electrons. The molecular formula is C17H31IN4S. The van der Waals surface area contributed by atoms with Gasteiger partial charge in [-0.25, -0.2) is 9.98 Å². The number of nitrogens with zero attached hydrogens (tertiary/aromatic N) is 3. The van der Waals surface area contributed by atoms with E-state index in [1.54, 1.807) is 11.3 Å². The zero-order valence-electron chi connectivity index (χ0n) is 15.1. The number of nitrogens with one attached hydrogen (secondary N) is 1. The van der Waals surface area contributed by atoms with Crippen LogP contribution in [0.25, 0.3) is 0 Å². The molecule has 1 atom stereocenters. The summed E-state index contributed by atoms with van der Waals surface area (Å²) < 4.78 is 0. The van der Waals surface area contributed by atoms with Gasteiger partial charge in [0.05, 0.1) is 12.2 Å². The molecule has 0 spiro atoms. The number of thiazole rings is 1. The second kappa shape index (κ2) is 9.81. The van der Waals surface area contributed by atoms with Gasteiger partial charge in [0, 0.05) is 24.5 Å². The molecule has 1 aliphatic rings. The fourth-order valence-corrected chi connectivity index (χ4v) is 3.92. The van der Waals surface area contributed by atoms with E-state index in [-0.39, 0.29) is 24.0 Å². The quantitative estimate of drug-likeness (QED) is 0.415. The van der Waals surface area contributed by atoms with Crippen LogP contribution in [-0.2, 0) is 6.54 Å². The van der Waals surface area contributed by atoms with Crippen LogP contribution in [0, 0.1) is 25.7 Å². The third-order valence-electron chi connectivity index (χ3n) is 4.16. The molecule has 0 radical (unpaired) electrons. The molecule has 1 aliphatic heterocycles. The topological polar surface area (TPSA) is 40.5 Å². The molecule has 0 aromatic carbocycles. The summed E-state index contributed by atoms with van der Waals surface area (Å²) in [7, 11) is 0. The number of hydrogen-bond acceptors (Lipinski definition) is 3. The first-order chi connectivity index (χ1) is 10.5. The highest BCUT2D eigenvalue weighted by Crippen LogP contribution is 2.23. The maximum atomic E-state index is 4.81. The summed E-state index contributed by atoms with van der Waals surface area (Å²) in [5.74, 6) is 2.65. The summed E-state index contributed by atoms with van der Waals surface area (Å²) >= 11 is 1.76. The fraction of sp³-hybridized carbons (Fsp3) is 0.765. The van der Waals surface area contributed by atoms with Crippen LogP contribution < -0.4 is 5.32 Å². The van der Waals surface area contributed by atoms with Crippen molar-refractivity contribution < 1.29 is 0 Å². The Morgan fingerprint density at radius 2 is 2.17 bits per heavy atom. The van der Waals surface area contributed by atoms with E-state index in [9.17, 15) is 0 Å². The zero-order chi connectivity index (χ0) is 16.1. The van der Waals surface area contributed by atoms with Crippen LogP contribution in [0.2, 0.25) is 0 Å². The van der Waals surface area contributed by atoms with Gasteiger partial charge >= 0.3 is 0 Å². The van der Waals surface area contributed by atoms with Crippen LogP contribution in [0.4, 0.5) is 0 Å². The molecule has 1 N–H and O–H groups in total. The Morgan fingerprint density at radius 1 is 1.43 bits per heavy atom. The molecule has 2 rings (SSSR count). The molecule has 6 heteroatoms. The van der Waals surface area contributed by atoms with Crippen molar-refractivity contribution in [2.75, 3.05) is 19.6 Å². The van der Waals surface area contributed by atoms with Crippen molar-refractivity contribution in [2.45, 2.75) is 54.0 Å². The van der Waals surface area contributed by atoms with Crippen molar-refractivity contribution in [3.8, 4) is 0 Å². The van der Waals surface area contributed by atoms with E-state index >= 15 is 0 Å². The lowest BCUT2D eigenvalue weighted by Gasteiger charge is -2.22. The minimum Gasteiger partial charge on any atom is -0.357 e. The van der Waals surface area contributed by atoms with E-state index in [2.05, 4.69) is 49.8 Å². The van der Waals surface area contributed by atoms with Crippen LogP contribution in [0.15, 0.2) is 4.99 Å². The fourth-order valence-electron chi connectivity index (χ4n) is 3.06. The van der Waals surface area contributed by atoms with Gasteiger partial charge < -0.3 is 10.2 Å². The van der Waals surface area contributed by atoms with Gasteiger partial charge in [0.1, 0.15) is 5.01 Å². The first-order valence-electron chi connectivity index (χ1n) is 8.45. The van der Waals surface area contributed by atoms with Crippen LogP contribution in [0.5, 0.6) is 0 Å². The van der Waals surface area contributed by atoms with E-state index < -0.39 is 0 Å². The number of halogens is 1. The first kappa shape index (κ1) is 20.7. The van der Waals surface area contributed by atoms with Crippen molar-refractivity contribution >= 4 is 41.3 Å². The van der Waals surface area contributed by atoms with E-state index in [1.165, 1.54) is 17.7 Å². The Balaban J connectivity index is 0.00000264. The Hall–Kier alpha value is -0.370. The van der Waals surface area contributed by atoms with Gasteiger partial charge in [0.2, 0.25) is 0 Å². The van der Waals surface area contributed by atoms with Crippen molar-refractivity contribution in [3.05, 3.63) is 15.6 Å². The van der Waals surface area contributed by atoms with Crippen molar-refractivity contribution in [2.24, 2.45) is 16.8 Å². The number of likely N-dealkylation sites (tertiary alicyclic amines) is 1. The third kappa shape index (κ3) is 6.21. The minimum absolute atomic E-state index is 0. The summed E-state index contributed by atoms with van der Waals surface area (Å²) in [6.45, 7) is 14.8. The number of aromatic nitrogens is 1. The number of guanidine groups is 1. The lowest BCUT2D eigenvalue weighted by molar-refractivity contribution is 0.403. The second-order valence-corrected chi connectivity index (χ2v) is 7.94. The van der Waals surface area contributed by atoms with Gasteiger partial charge in [-0.1, -0.05) is 13.8 Å². The van der Waals surface area contributed by atoms with Gasteiger partial charge in [-0.3, -0.25) is 0 Å². The van der Waals surface area contributed by atoms with Gasteiger partial charge in [0.15, 0.2) is 5.96 Å². The van der Waals surface area contributed by atoms with Gasteiger partial charge in [-0.05, 0) is 45.4 Å². The lowest BCUT2D eigenvalue weighted by atomic mass is 9.97. The molecule has 1 aromatic rings. The molecule has 0 saturated carbocycles. The van der Waals surface area contributed by atoms with Gasteiger partial charge in [-0.2, -0.15) is 0 Å². The molecule has 1 aromatic heterocycles. The number of aryl methyl sites for hydroxylation is 2. The summed E-state index contributed by atoms with van der Waals surface area (Å²) in [6, 6.07) is 0. The normalized spacial score (nSPS) is 18.4. The standard InChI is InChI=1S/C17H30N4S.HI/c1-6-18-17(19-10-16-20-13(4)14(5)22-16)21-8-7-15(11-21)9-12(2)3;/h12,15H,6-11H2,1-5H3,(H,18,19);1H. The van der Waals surface area contributed by atoms with Crippen LogP contribution in [-0.4, -0.2) is 35.5 Å². The summed E-state index contributed by atoms with van der Waals surface area (Å²) in [6.07, 6.45) is 2.61. The predicted octanol–water partition coefficient (Wildman–Crippen LogP) is 4.21. The van der Waals surface area contributed by atoms with Gasteiger partial charge in [0.25, 0.3) is 0 Å². The highest BCUT2D eigenvalue weighted by Gasteiger charge is 2.25. The Morgan fingerprint density at radius 3 is 2.74 bits per heavy atom. The molecule has 2 heterocycles. The first-order valence-corrected chi connectivity index (χ1v) is 9.27. The summed E-state index contributed by atoms with van der Waals surface area (Å²) in [5.41, 5.74) is 1.14. The largest absolute Gasteiger partial charge is 0.357 e. The molecule has 23 heavy (non-hydrogen) atoms. The number of rotatable bonds is 5. The second-order valence-electron chi connectivity index (χ2n) is 6.65. The molecule has 1 unspecified atom stereocenters. The Bertz CT molecular complexity index is 493. The third-order valence-corrected chi connectivity index (χ3v) is 5.22. The molecule has 0 aliphatic carbocycles. The maximum absolute atomic E-state index is 4.81. The van der Waals surface area contributed by atoms with Crippen molar-refractivity contribution in [3.63, 3.8) is 0 Å². The molecule has 4 nitrogen and oxygen atoms in total. The Labute approximate surface area is 162 Å². The lowest BCUT2D eigenvalue weighted by Crippen LogP contribution is -2.40. The molecule has 0 bridgehead atoms. The molecule has 1 saturated heterocycles. The van der Waals surface area contributed by atoms with E-state index in [0.29, 0.717) is 6.54 Å². The smallest absolute Gasteiger partial charge is 0.194 e. The van der Waals surface area contributed by atoms with E-state index in [1.807, 2.05) is 0 Å². The molecule has 1 fully saturated rings. The Kier molecular flexibility index (Phi) is 8.82. The average Bonchev–Trinajstić information content (AvgIpc) is 3.02. The highest BCUT2D eigenvalue weighted by molar-refractivity contribution is 14.0. The summed E-state index contributed by atoms with van der Waals surface area (Å²) in [5, 5.41) is 4.56. The predicted molar refractivity (Wildman–Crippen MR) is 111 cm³/mol. The zero-order valence-corrected chi connectivity index (χ0v) is 18.2. The maximum Gasteiger partial charge on any atom is 0.194 e. The van der Waals surface area contributed by atoms with Crippen LogP contribution in [0.1, 0.15) is 49.2 Å². The molecule has 0 amide bonds. The average molecular weight is 450 g/mol. The monoisotopic (exact) mass is 450 g/mol. The van der Waals surface area contributed by atoms with Crippen LogP contribution >= 0.6 is 35.3 Å². The van der Waals surface area contributed by atoms with Crippen molar-refractivity contribution in [1.82, 2.24) is 15.2 Å². The van der Waals surface area contributed by atoms with E-state index in [0.717, 1.165) is 48.1 Å². The van der Waals surface area contributed by atoms with Crippen molar-refractivity contribution in [1.29, 1.82) is 0 Å².